The van der Waals surface area contributed by atoms with Gasteiger partial charge in [0.15, 0.2) is 6.10 Å². The average molecular weight is 361 g/mol. The van der Waals surface area contributed by atoms with E-state index in [0.717, 1.165) is 5.69 Å². The Morgan fingerprint density at radius 2 is 2.08 bits per heavy atom. The predicted molar refractivity (Wildman–Crippen MR) is 88.3 cm³/mol. The molecule has 128 valence electrons. The van der Waals surface area contributed by atoms with Crippen molar-refractivity contribution in [2.24, 2.45) is 0 Å². The van der Waals surface area contributed by atoms with E-state index in [4.69, 9.17) is 16.3 Å². The summed E-state index contributed by atoms with van der Waals surface area (Å²) < 4.78 is 6.51. The third-order valence-electron chi connectivity index (χ3n) is 3.24. The molecule has 0 aliphatic heterocycles. The first-order valence-corrected chi connectivity index (χ1v) is 7.63. The van der Waals surface area contributed by atoms with Crippen LogP contribution in [0.2, 0.25) is 5.02 Å². The summed E-state index contributed by atoms with van der Waals surface area (Å²) in [6, 6.07) is 4.84. The molecule has 0 aliphatic carbocycles. The zero-order valence-electron chi connectivity index (χ0n) is 13.3. The lowest BCUT2D eigenvalue weighted by molar-refractivity contribution is -0.123. The van der Waals surface area contributed by atoms with Crippen molar-refractivity contribution in [3.8, 4) is 0 Å². The fourth-order valence-electron chi connectivity index (χ4n) is 1.94. The number of aryl methyl sites for hydroxylation is 1. The molecule has 25 heavy (non-hydrogen) atoms. The topological polar surface area (TPSA) is 111 Å². The Bertz CT molecular complexity index is 940. The van der Waals surface area contributed by atoms with E-state index in [1.54, 1.807) is 25.3 Å². The zero-order chi connectivity index (χ0) is 18.0. The molecule has 0 saturated heterocycles. The molecule has 0 fully saturated rings. The van der Waals surface area contributed by atoms with E-state index in [0.29, 0.717) is 10.8 Å². The Morgan fingerprint density at radius 3 is 2.76 bits per heavy atom. The van der Waals surface area contributed by atoms with Crippen molar-refractivity contribution in [3.05, 3.63) is 47.1 Å². The van der Waals surface area contributed by atoms with Gasteiger partial charge in [0.1, 0.15) is 5.82 Å². The normalized spacial score (nSPS) is 12.0. The van der Waals surface area contributed by atoms with Crippen LogP contribution in [0, 0.1) is 6.92 Å². The molecule has 3 aromatic heterocycles. The first-order chi connectivity index (χ1) is 11.9. The molecule has 0 saturated carbocycles. The predicted octanol–water partition coefficient (Wildman–Crippen LogP) is 1.67. The van der Waals surface area contributed by atoms with Gasteiger partial charge < -0.3 is 10.1 Å². The van der Waals surface area contributed by atoms with Gasteiger partial charge in [-0.2, -0.15) is 4.98 Å². The van der Waals surface area contributed by atoms with E-state index < -0.39 is 18.0 Å². The summed E-state index contributed by atoms with van der Waals surface area (Å²) in [5, 5.41) is 6.99. The number of nitrogens with zero attached hydrogens (tertiary/aromatic N) is 5. The zero-order valence-corrected chi connectivity index (χ0v) is 14.1. The number of carbonyl (C=O) groups is 2. The minimum absolute atomic E-state index is 0.175. The molecular weight excluding hydrogens is 348 g/mol. The number of nitrogens with one attached hydrogen (secondary N) is 1. The Morgan fingerprint density at radius 1 is 1.28 bits per heavy atom. The third kappa shape index (κ3) is 3.72. The van der Waals surface area contributed by atoms with Gasteiger partial charge in [0, 0.05) is 18.1 Å². The fourth-order valence-corrected chi connectivity index (χ4v) is 2.05. The SMILES string of the molecule is Cc1ccnc2nc(C(=O)O[C@H](C)C(=O)Nc3ccc(Cl)cn3)nn12. The van der Waals surface area contributed by atoms with Gasteiger partial charge in [0.05, 0.1) is 5.02 Å². The van der Waals surface area contributed by atoms with Crippen molar-refractivity contribution < 1.29 is 14.3 Å². The van der Waals surface area contributed by atoms with Gasteiger partial charge in [0.25, 0.3) is 17.5 Å². The summed E-state index contributed by atoms with van der Waals surface area (Å²) in [6.07, 6.45) is 1.89. The summed E-state index contributed by atoms with van der Waals surface area (Å²) in [5.74, 6) is -0.971. The van der Waals surface area contributed by atoms with E-state index >= 15 is 0 Å². The van der Waals surface area contributed by atoms with Crippen LogP contribution in [0.4, 0.5) is 5.82 Å². The lowest BCUT2D eigenvalue weighted by Crippen LogP contribution is -2.30. The Hall–Kier alpha value is -3.07. The Balaban J connectivity index is 1.67. The number of carbonyl (C=O) groups excluding carboxylic acids is 2. The van der Waals surface area contributed by atoms with Crippen molar-refractivity contribution in [2.75, 3.05) is 5.32 Å². The first kappa shape index (κ1) is 16.8. The van der Waals surface area contributed by atoms with Gasteiger partial charge >= 0.3 is 5.97 Å². The largest absolute Gasteiger partial charge is 0.447 e. The van der Waals surface area contributed by atoms with Gasteiger partial charge in [-0.25, -0.2) is 19.3 Å². The number of anilines is 1. The molecule has 1 amide bonds. The number of ether oxygens (including phenoxy) is 1. The minimum atomic E-state index is -1.06. The molecule has 3 heterocycles. The van der Waals surface area contributed by atoms with E-state index in [-0.39, 0.29) is 11.6 Å². The molecule has 0 radical (unpaired) electrons. The van der Waals surface area contributed by atoms with Crippen molar-refractivity contribution in [1.82, 2.24) is 24.6 Å². The van der Waals surface area contributed by atoms with Crippen LogP contribution in [-0.4, -0.2) is 42.5 Å². The van der Waals surface area contributed by atoms with E-state index in [1.807, 2.05) is 0 Å². The second kappa shape index (κ2) is 6.81. The Labute approximate surface area is 147 Å². The number of amides is 1. The molecule has 9 nitrogen and oxygen atoms in total. The third-order valence-corrected chi connectivity index (χ3v) is 3.47. The van der Waals surface area contributed by atoms with Gasteiger partial charge in [-0.3, -0.25) is 4.79 Å². The van der Waals surface area contributed by atoms with Crippen molar-refractivity contribution in [2.45, 2.75) is 20.0 Å². The summed E-state index contributed by atoms with van der Waals surface area (Å²) in [5.41, 5.74) is 0.760. The smallest absolute Gasteiger partial charge is 0.379 e. The summed E-state index contributed by atoms with van der Waals surface area (Å²) in [6.45, 7) is 3.23. The van der Waals surface area contributed by atoms with Crippen LogP contribution in [0.1, 0.15) is 23.2 Å². The van der Waals surface area contributed by atoms with Gasteiger partial charge in [-0.1, -0.05) is 11.6 Å². The maximum atomic E-state index is 12.1. The second-order valence-corrected chi connectivity index (χ2v) is 5.57. The minimum Gasteiger partial charge on any atom is -0.447 e. The molecule has 0 aromatic carbocycles. The van der Waals surface area contributed by atoms with E-state index in [1.165, 1.54) is 23.7 Å². The second-order valence-electron chi connectivity index (χ2n) is 5.13. The number of esters is 1. The first-order valence-electron chi connectivity index (χ1n) is 7.26. The van der Waals surface area contributed by atoms with Crippen LogP contribution < -0.4 is 5.32 Å². The number of halogens is 1. The van der Waals surface area contributed by atoms with E-state index in [2.05, 4.69) is 25.4 Å². The number of rotatable bonds is 4. The number of pyridine rings is 1. The molecule has 0 aliphatic rings. The van der Waals surface area contributed by atoms with Crippen LogP contribution in [0.15, 0.2) is 30.6 Å². The Kier molecular flexibility index (Phi) is 4.57. The van der Waals surface area contributed by atoms with Crippen LogP contribution in [0.5, 0.6) is 0 Å². The maximum Gasteiger partial charge on any atom is 0.379 e. The lowest BCUT2D eigenvalue weighted by Gasteiger charge is -2.11. The summed E-state index contributed by atoms with van der Waals surface area (Å²) in [7, 11) is 0. The standard InChI is InChI=1S/C15H13ClN6O3/c1-8-5-6-17-15-20-12(21-22(8)15)14(24)25-9(2)13(23)19-11-4-3-10(16)7-18-11/h3-7,9H,1-2H3,(H,18,19,23)/t9-/m1/s1. The van der Waals surface area contributed by atoms with Crippen LogP contribution in [-0.2, 0) is 9.53 Å². The van der Waals surface area contributed by atoms with Crippen LogP contribution in [0.3, 0.4) is 0 Å². The number of hydrogen-bond acceptors (Lipinski definition) is 7. The highest BCUT2D eigenvalue weighted by Gasteiger charge is 2.23. The van der Waals surface area contributed by atoms with Crippen molar-refractivity contribution in [1.29, 1.82) is 0 Å². The molecule has 0 bridgehead atoms. The average Bonchev–Trinajstić information content (AvgIpc) is 3.02. The monoisotopic (exact) mass is 360 g/mol. The molecule has 3 rings (SSSR count). The number of fused-ring (bicyclic) bond motifs is 1. The number of hydrogen-bond donors (Lipinski definition) is 1. The molecule has 10 heteroatoms. The maximum absolute atomic E-state index is 12.1. The highest BCUT2D eigenvalue weighted by molar-refractivity contribution is 6.30. The summed E-state index contributed by atoms with van der Waals surface area (Å²) >= 11 is 5.73. The van der Waals surface area contributed by atoms with Crippen molar-refractivity contribution in [3.63, 3.8) is 0 Å². The van der Waals surface area contributed by atoms with Gasteiger partial charge in [-0.05, 0) is 32.0 Å². The highest BCUT2D eigenvalue weighted by atomic mass is 35.5. The van der Waals surface area contributed by atoms with Crippen LogP contribution >= 0.6 is 11.6 Å². The molecular formula is C15H13ClN6O3. The van der Waals surface area contributed by atoms with Gasteiger partial charge in [-0.15, -0.1) is 5.10 Å². The highest BCUT2D eigenvalue weighted by Crippen LogP contribution is 2.11. The molecule has 1 N–H and O–H groups in total. The molecule has 3 aromatic rings. The molecule has 1 atom stereocenters. The lowest BCUT2D eigenvalue weighted by atomic mass is 10.3. The van der Waals surface area contributed by atoms with Crippen molar-refractivity contribution >= 4 is 35.1 Å². The van der Waals surface area contributed by atoms with E-state index in [9.17, 15) is 9.59 Å². The van der Waals surface area contributed by atoms with Crippen LogP contribution in [0.25, 0.3) is 5.78 Å². The fraction of sp³-hybridized carbons (Fsp3) is 0.200. The summed E-state index contributed by atoms with van der Waals surface area (Å²) in [4.78, 5) is 36.1. The number of aromatic nitrogens is 5. The quantitative estimate of drug-likeness (QED) is 0.704. The molecule has 0 unspecified atom stereocenters. The van der Waals surface area contributed by atoms with Gasteiger partial charge in [0.2, 0.25) is 0 Å². The molecule has 0 spiro atoms.